The summed E-state index contributed by atoms with van der Waals surface area (Å²) in [6.07, 6.45) is 19.2. The molecule has 28 heavy (non-hydrogen) atoms. The molecule has 0 aliphatic heterocycles. The second-order valence-electron chi connectivity index (χ2n) is 8.06. The highest BCUT2D eigenvalue weighted by Gasteiger charge is 2.18. The zero-order chi connectivity index (χ0) is 20.5. The first-order valence-electron chi connectivity index (χ1n) is 11.5. The van der Waals surface area contributed by atoms with Crippen LogP contribution in [-0.2, 0) is 14.3 Å². The van der Waals surface area contributed by atoms with E-state index in [4.69, 9.17) is 4.18 Å². The maximum absolute atomic E-state index is 12.2. The van der Waals surface area contributed by atoms with Crippen LogP contribution in [0.4, 0.5) is 0 Å². The van der Waals surface area contributed by atoms with Crippen molar-refractivity contribution in [1.29, 1.82) is 0 Å². The van der Waals surface area contributed by atoms with Gasteiger partial charge in [0.2, 0.25) is 0 Å². The summed E-state index contributed by atoms with van der Waals surface area (Å²) in [5.74, 6) is 0. The van der Waals surface area contributed by atoms with Crippen molar-refractivity contribution in [2.75, 3.05) is 0 Å². The van der Waals surface area contributed by atoms with Gasteiger partial charge < -0.3 is 0 Å². The molecule has 0 aromatic heterocycles. The molecule has 1 rings (SSSR count). The van der Waals surface area contributed by atoms with Crippen LogP contribution >= 0.6 is 0 Å². The van der Waals surface area contributed by atoms with Crippen LogP contribution in [0.5, 0.6) is 0 Å². The minimum atomic E-state index is -3.63. The smallest absolute Gasteiger partial charge is 0.263 e. The molecule has 0 bridgehead atoms. The lowest BCUT2D eigenvalue weighted by Gasteiger charge is -2.13. The van der Waals surface area contributed by atoms with E-state index < -0.39 is 10.1 Å². The largest absolute Gasteiger partial charge is 0.297 e. The van der Waals surface area contributed by atoms with Crippen molar-refractivity contribution in [3.05, 3.63) is 30.3 Å². The molecule has 0 spiro atoms. The third-order valence-electron chi connectivity index (χ3n) is 5.29. The quantitative estimate of drug-likeness (QED) is 0.184. The van der Waals surface area contributed by atoms with Crippen LogP contribution in [-0.4, -0.2) is 14.5 Å². The summed E-state index contributed by atoms with van der Waals surface area (Å²) in [5.41, 5.74) is 0. The van der Waals surface area contributed by atoms with Crippen molar-refractivity contribution < 1.29 is 12.6 Å². The molecular formula is C24H42O3S. The van der Waals surface area contributed by atoms with Crippen LogP contribution in [0.2, 0.25) is 0 Å². The van der Waals surface area contributed by atoms with E-state index in [0.29, 0.717) is 0 Å². The van der Waals surface area contributed by atoms with E-state index in [1.165, 1.54) is 77.0 Å². The number of rotatable bonds is 18. The van der Waals surface area contributed by atoms with Crippen LogP contribution in [0.1, 0.15) is 110 Å². The zero-order valence-corrected chi connectivity index (χ0v) is 19.0. The fourth-order valence-electron chi connectivity index (χ4n) is 3.53. The molecular weight excluding hydrogens is 368 g/mol. The first-order chi connectivity index (χ1) is 13.6. The Balaban J connectivity index is 1.93. The van der Waals surface area contributed by atoms with Gasteiger partial charge in [-0.1, -0.05) is 115 Å². The van der Waals surface area contributed by atoms with Gasteiger partial charge in [-0.25, -0.2) is 0 Å². The Morgan fingerprint density at radius 1 is 0.714 bits per heavy atom. The Hall–Kier alpha value is -0.870. The Morgan fingerprint density at radius 2 is 1.14 bits per heavy atom. The summed E-state index contributed by atoms with van der Waals surface area (Å²) in [6.45, 7) is 4.12. The SMILES string of the molecule is CCCCCCCCCCCCCCCCC(C)OS(=O)(=O)c1ccccc1. The summed E-state index contributed by atoms with van der Waals surface area (Å²) in [6, 6.07) is 8.39. The molecule has 1 unspecified atom stereocenters. The highest BCUT2D eigenvalue weighted by Crippen LogP contribution is 2.18. The lowest BCUT2D eigenvalue weighted by molar-refractivity contribution is 0.213. The van der Waals surface area contributed by atoms with Crippen LogP contribution in [0.15, 0.2) is 35.2 Å². The molecule has 0 saturated carbocycles. The Morgan fingerprint density at radius 3 is 1.61 bits per heavy atom. The standard InChI is InChI=1S/C24H42O3S/c1-3-4-5-6-7-8-9-10-11-12-13-14-15-17-20-23(2)27-28(25,26)24-21-18-16-19-22-24/h16,18-19,21-23H,3-15,17,20H2,1-2H3. The van der Waals surface area contributed by atoms with E-state index in [0.717, 1.165) is 19.3 Å². The molecule has 1 aromatic rings. The highest BCUT2D eigenvalue weighted by atomic mass is 32.2. The van der Waals surface area contributed by atoms with E-state index >= 15 is 0 Å². The van der Waals surface area contributed by atoms with E-state index in [1.807, 2.05) is 6.92 Å². The molecule has 1 aromatic carbocycles. The maximum atomic E-state index is 12.2. The highest BCUT2D eigenvalue weighted by molar-refractivity contribution is 7.86. The van der Waals surface area contributed by atoms with Crippen molar-refractivity contribution >= 4 is 10.1 Å². The summed E-state index contributed by atoms with van der Waals surface area (Å²) in [5, 5.41) is 0. The normalized spacial score (nSPS) is 12.9. The van der Waals surface area contributed by atoms with E-state index in [2.05, 4.69) is 6.92 Å². The van der Waals surface area contributed by atoms with Gasteiger partial charge in [0.25, 0.3) is 10.1 Å². The van der Waals surface area contributed by atoms with E-state index in [-0.39, 0.29) is 11.0 Å². The van der Waals surface area contributed by atoms with Gasteiger partial charge in [-0.3, -0.25) is 4.18 Å². The third kappa shape index (κ3) is 12.6. The zero-order valence-electron chi connectivity index (χ0n) is 18.2. The predicted molar refractivity (Wildman–Crippen MR) is 119 cm³/mol. The molecule has 3 nitrogen and oxygen atoms in total. The Kier molecular flexibility index (Phi) is 14.4. The Labute approximate surface area is 174 Å². The van der Waals surface area contributed by atoms with Gasteiger partial charge in [0.15, 0.2) is 0 Å². The lowest BCUT2D eigenvalue weighted by Crippen LogP contribution is -2.15. The molecule has 162 valence electrons. The van der Waals surface area contributed by atoms with Gasteiger partial charge in [-0.2, -0.15) is 8.42 Å². The van der Waals surface area contributed by atoms with E-state index in [1.54, 1.807) is 30.3 Å². The van der Waals surface area contributed by atoms with Gasteiger partial charge in [0, 0.05) is 0 Å². The molecule has 0 amide bonds. The molecule has 0 heterocycles. The average molecular weight is 411 g/mol. The summed E-state index contributed by atoms with van der Waals surface area (Å²) < 4.78 is 29.6. The predicted octanol–water partition coefficient (Wildman–Crippen LogP) is 7.65. The molecule has 1 atom stereocenters. The second-order valence-corrected chi connectivity index (χ2v) is 9.63. The molecule has 0 aliphatic rings. The average Bonchev–Trinajstić information content (AvgIpc) is 2.68. The van der Waals surface area contributed by atoms with E-state index in [9.17, 15) is 8.42 Å². The van der Waals surface area contributed by atoms with Crippen LogP contribution in [0.3, 0.4) is 0 Å². The summed E-state index contributed by atoms with van der Waals surface area (Å²) in [7, 11) is -3.63. The lowest BCUT2D eigenvalue weighted by atomic mass is 10.0. The minimum absolute atomic E-state index is 0.239. The number of hydrogen-bond donors (Lipinski definition) is 0. The monoisotopic (exact) mass is 410 g/mol. The van der Waals surface area contributed by atoms with Crippen molar-refractivity contribution in [2.45, 2.75) is 121 Å². The van der Waals surface area contributed by atoms with Crippen LogP contribution < -0.4 is 0 Å². The van der Waals surface area contributed by atoms with Crippen molar-refractivity contribution in [2.24, 2.45) is 0 Å². The van der Waals surface area contributed by atoms with Crippen molar-refractivity contribution in [1.82, 2.24) is 0 Å². The molecule has 0 N–H and O–H groups in total. The summed E-state index contributed by atoms with van der Waals surface area (Å²) >= 11 is 0. The van der Waals surface area contributed by atoms with Crippen molar-refractivity contribution in [3.8, 4) is 0 Å². The molecule has 0 saturated heterocycles. The number of hydrogen-bond acceptors (Lipinski definition) is 3. The molecule has 4 heteroatoms. The fourth-order valence-corrected chi connectivity index (χ4v) is 4.66. The first kappa shape index (κ1) is 25.2. The number of unbranched alkanes of at least 4 members (excludes halogenated alkanes) is 13. The summed E-state index contributed by atoms with van der Waals surface area (Å²) in [4.78, 5) is 0.239. The van der Waals surface area contributed by atoms with Crippen LogP contribution in [0.25, 0.3) is 0 Å². The van der Waals surface area contributed by atoms with Crippen molar-refractivity contribution in [3.63, 3.8) is 0 Å². The van der Waals surface area contributed by atoms with Gasteiger partial charge >= 0.3 is 0 Å². The topological polar surface area (TPSA) is 43.4 Å². The third-order valence-corrected chi connectivity index (χ3v) is 6.72. The van der Waals surface area contributed by atoms with Crippen LogP contribution in [0, 0.1) is 0 Å². The minimum Gasteiger partial charge on any atom is -0.263 e. The van der Waals surface area contributed by atoms with Gasteiger partial charge in [0.1, 0.15) is 0 Å². The Bertz CT molecular complexity index is 569. The van der Waals surface area contributed by atoms with Gasteiger partial charge in [0.05, 0.1) is 11.0 Å². The molecule has 0 radical (unpaired) electrons. The number of benzene rings is 1. The molecule has 0 aliphatic carbocycles. The van der Waals surface area contributed by atoms with Gasteiger partial charge in [-0.15, -0.1) is 0 Å². The van der Waals surface area contributed by atoms with Gasteiger partial charge in [-0.05, 0) is 25.5 Å². The first-order valence-corrected chi connectivity index (χ1v) is 13.0. The fraction of sp³-hybridized carbons (Fsp3) is 0.750. The molecule has 0 fully saturated rings. The second kappa shape index (κ2) is 16.0. The maximum Gasteiger partial charge on any atom is 0.297 e.